The van der Waals surface area contributed by atoms with Crippen molar-refractivity contribution in [3.63, 3.8) is 0 Å². The van der Waals surface area contributed by atoms with Crippen molar-refractivity contribution in [2.24, 2.45) is 0 Å². The largest absolute Gasteiger partial charge is 0.481 e. The van der Waals surface area contributed by atoms with Crippen molar-refractivity contribution >= 4 is 17.5 Å². The van der Waals surface area contributed by atoms with Crippen LogP contribution in [0.1, 0.15) is 24.5 Å². The van der Waals surface area contributed by atoms with Gasteiger partial charge < -0.3 is 10.1 Å². The molecule has 0 bridgehead atoms. The van der Waals surface area contributed by atoms with Crippen molar-refractivity contribution in [3.8, 4) is 5.75 Å². The molecule has 0 spiro atoms. The number of benzene rings is 2. The Labute approximate surface area is 142 Å². The van der Waals surface area contributed by atoms with E-state index in [2.05, 4.69) is 5.32 Å². The fourth-order valence-electron chi connectivity index (χ4n) is 2.23. The highest BCUT2D eigenvalue weighted by molar-refractivity contribution is 6.30. The maximum absolute atomic E-state index is 12.1. The lowest BCUT2D eigenvalue weighted by Crippen LogP contribution is -2.37. The molecule has 0 fully saturated rings. The summed E-state index contributed by atoms with van der Waals surface area (Å²) in [4.78, 5) is 12.1. The van der Waals surface area contributed by atoms with Gasteiger partial charge in [0.05, 0.1) is 0 Å². The second kappa shape index (κ2) is 8.59. The molecule has 23 heavy (non-hydrogen) atoms. The van der Waals surface area contributed by atoms with E-state index in [9.17, 15) is 4.79 Å². The summed E-state index contributed by atoms with van der Waals surface area (Å²) in [6.07, 6.45) is 1.28. The number of carbonyl (C=O) groups excluding carboxylic acids is 1. The van der Waals surface area contributed by atoms with Crippen LogP contribution >= 0.6 is 11.6 Å². The molecule has 0 radical (unpaired) electrons. The van der Waals surface area contributed by atoms with Crippen molar-refractivity contribution in [1.82, 2.24) is 5.32 Å². The van der Waals surface area contributed by atoms with Crippen LogP contribution in [0, 0.1) is 6.92 Å². The van der Waals surface area contributed by atoms with Gasteiger partial charge in [0.2, 0.25) is 0 Å². The number of nitrogens with one attached hydrogen (secondary N) is 1. The molecule has 0 aliphatic heterocycles. The number of para-hydroxylation sites is 1. The summed E-state index contributed by atoms with van der Waals surface area (Å²) >= 11 is 5.86. The van der Waals surface area contributed by atoms with Gasteiger partial charge in [0, 0.05) is 11.6 Å². The SMILES string of the molecule is Cc1ccccc1OC(C)C(=O)NCCCc1ccc(Cl)cc1. The van der Waals surface area contributed by atoms with Crippen molar-refractivity contribution in [2.45, 2.75) is 32.8 Å². The van der Waals surface area contributed by atoms with Gasteiger partial charge in [-0.1, -0.05) is 41.9 Å². The van der Waals surface area contributed by atoms with Gasteiger partial charge in [-0.3, -0.25) is 4.79 Å². The molecule has 0 aliphatic rings. The molecule has 1 amide bonds. The highest BCUT2D eigenvalue weighted by Crippen LogP contribution is 2.17. The fraction of sp³-hybridized carbons (Fsp3) is 0.316. The van der Waals surface area contributed by atoms with E-state index in [1.807, 2.05) is 55.5 Å². The number of ether oxygens (including phenoxy) is 1. The first-order chi connectivity index (χ1) is 11.1. The van der Waals surface area contributed by atoms with Crippen molar-refractivity contribution in [3.05, 3.63) is 64.7 Å². The summed E-state index contributed by atoms with van der Waals surface area (Å²) < 4.78 is 5.71. The van der Waals surface area contributed by atoms with E-state index in [1.165, 1.54) is 5.56 Å². The van der Waals surface area contributed by atoms with E-state index in [4.69, 9.17) is 16.3 Å². The minimum Gasteiger partial charge on any atom is -0.481 e. The number of halogens is 1. The molecule has 2 aromatic carbocycles. The van der Waals surface area contributed by atoms with Gasteiger partial charge >= 0.3 is 0 Å². The quantitative estimate of drug-likeness (QED) is 0.773. The molecular weight excluding hydrogens is 310 g/mol. The van der Waals surface area contributed by atoms with Crippen LogP contribution in [0.4, 0.5) is 0 Å². The molecule has 3 nitrogen and oxygen atoms in total. The third kappa shape index (κ3) is 5.61. The number of hydrogen-bond donors (Lipinski definition) is 1. The van der Waals surface area contributed by atoms with E-state index in [0.717, 1.165) is 29.2 Å². The zero-order valence-corrected chi connectivity index (χ0v) is 14.3. The predicted molar refractivity (Wildman–Crippen MR) is 94.1 cm³/mol. The average Bonchev–Trinajstić information content (AvgIpc) is 2.55. The Hall–Kier alpha value is -2.00. The lowest BCUT2D eigenvalue weighted by Gasteiger charge is -2.16. The smallest absolute Gasteiger partial charge is 0.260 e. The lowest BCUT2D eigenvalue weighted by atomic mass is 10.1. The molecular formula is C19H22ClNO2. The van der Waals surface area contributed by atoms with Crippen molar-refractivity contribution < 1.29 is 9.53 Å². The maximum atomic E-state index is 12.1. The first-order valence-corrected chi connectivity index (χ1v) is 8.18. The molecule has 4 heteroatoms. The zero-order valence-electron chi connectivity index (χ0n) is 13.5. The minimum atomic E-state index is -0.508. The van der Waals surface area contributed by atoms with Crippen LogP contribution in [0.5, 0.6) is 5.75 Å². The monoisotopic (exact) mass is 331 g/mol. The molecule has 0 aliphatic carbocycles. The molecule has 1 atom stereocenters. The van der Waals surface area contributed by atoms with E-state index in [-0.39, 0.29) is 5.91 Å². The lowest BCUT2D eigenvalue weighted by molar-refractivity contribution is -0.127. The van der Waals surface area contributed by atoms with Crippen LogP contribution in [0.25, 0.3) is 0 Å². The standard InChI is InChI=1S/C19H22ClNO2/c1-14-6-3-4-8-18(14)23-15(2)19(22)21-13-5-7-16-9-11-17(20)12-10-16/h3-4,6,8-12,15H,5,7,13H2,1-2H3,(H,21,22). The highest BCUT2D eigenvalue weighted by atomic mass is 35.5. The van der Waals surface area contributed by atoms with Gasteiger partial charge in [-0.05, 0) is 56.0 Å². The Morgan fingerprint density at radius 2 is 1.87 bits per heavy atom. The molecule has 0 aromatic heterocycles. The third-order valence-corrected chi connectivity index (χ3v) is 3.87. The minimum absolute atomic E-state index is 0.0932. The molecule has 0 heterocycles. The van der Waals surface area contributed by atoms with Gasteiger partial charge in [-0.25, -0.2) is 0 Å². The van der Waals surface area contributed by atoms with Crippen LogP contribution in [0.15, 0.2) is 48.5 Å². The van der Waals surface area contributed by atoms with Crippen LogP contribution < -0.4 is 10.1 Å². The van der Waals surface area contributed by atoms with Gasteiger partial charge in [-0.2, -0.15) is 0 Å². The number of carbonyl (C=O) groups is 1. The topological polar surface area (TPSA) is 38.3 Å². The van der Waals surface area contributed by atoms with Crippen molar-refractivity contribution in [1.29, 1.82) is 0 Å². The Bertz CT molecular complexity index is 640. The first-order valence-electron chi connectivity index (χ1n) is 7.80. The Morgan fingerprint density at radius 3 is 2.57 bits per heavy atom. The Balaban J connectivity index is 1.72. The second-order valence-electron chi connectivity index (χ2n) is 5.55. The number of hydrogen-bond acceptors (Lipinski definition) is 2. The molecule has 0 saturated heterocycles. The van der Waals surface area contributed by atoms with E-state index >= 15 is 0 Å². The third-order valence-electron chi connectivity index (χ3n) is 3.62. The molecule has 1 unspecified atom stereocenters. The maximum Gasteiger partial charge on any atom is 0.260 e. The van der Waals surface area contributed by atoms with Crippen molar-refractivity contribution in [2.75, 3.05) is 6.54 Å². The van der Waals surface area contributed by atoms with Crippen LogP contribution in [-0.2, 0) is 11.2 Å². The number of rotatable bonds is 7. The van der Waals surface area contributed by atoms with Gasteiger partial charge in [0.25, 0.3) is 5.91 Å². The zero-order chi connectivity index (χ0) is 16.7. The molecule has 1 N–H and O–H groups in total. The van der Waals surface area contributed by atoms with Gasteiger partial charge in [0.1, 0.15) is 5.75 Å². The summed E-state index contributed by atoms with van der Waals surface area (Å²) in [5.74, 6) is 0.653. The number of aryl methyl sites for hydroxylation is 2. The van der Waals surface area contributed by atoms with Gasteiger partial charge in [0.15, 0.2) is 6.10 Å². The van der Waals surface area contributed by atoms with Crippen LogP contribution in [0.3, 0.4) is 0 Å². The molecule has 2 rings (SSSR count). The average molecular weight is 332 g/mol. The Kier molecular flexibility index (Phi) is 6.48. The normalized spacial score (nSPS) is 11.8. The van der Waals surface area contributed by atoms with Gasteiger partial charge in [-0.15, -0.1) is 0 Å². The summed E-state index contributed by atoms with van der Waals surface area (Å²) in [6, 6.07) is 15.5. The summed E-state index contributed by atoms with van der Waals surface area (Å²) in [6.45, 7) is 4.36. The van der Waals surface area contributed by atoms with E-state index < -0.39 is 6.10 Å². The first kappa shape index (κ1) is 17.4. The second-order valence-corrected chi connectivity index (χ2v) is 5.98. The molecule has 122 valence electrons. The molecule has 0 saturated carbocycles. The fourth-order valence-corrected chi connectivity index (χ4v) is 2.36. The summed E-state index contributed by atoms with van der Waals surface area (Å²) in [5.41, 5.74) is 2.24. The van der Waals surface area contributed by atoms with E-state index in [0.29, 0.717) is 6.54 Å². The molecule has 2 aromatic rings. The van der Waals surface area contributed by atoms with E-state index in [1.54, 1.807) is 6.92 Å². The number of amides is 1. The summed E-state index contributed by atoms with van der Waals surface area (Å²) in [5, 5.41) is 3.65. The van der Waals surface area contributed by atoms with Crippen LogP contribution in [0.2, 0.25) is 5.02 Å². The predicted octanol–water partition coefficient (Wildman–Crippen LogP) is 4.16. The highest BCUT2D eigenvalue weighted by Gasteiger charge is 2.14. The Morgan fingerprint density at radius 1 is 1.17 bits per heavy atom. The van der Waals surface area contributed by atoms with Crippen LogP contribution in [-0.4, -0.2) is 18.6 Å². The summed E-state index contributed by atoms with van der Waals surface area (Å²) in [7, 11) is 0.